The van der Waals surface area contributed by atoms with E-state index in [-0.39, 0.29) is 5.82 Å². The van der Waals surface area contributed by atoms with Gasteiger partial charge < -0.3 is 4.74 Å². The lowest BCUT2D eigenvalue weighted by Crippen LogP contribution is -1.90. The normalized spacial score (nSPS) is 9.73. The summed E-state index contributed by atoms with van der Waals surface area (Å²) in [5, 5.41) is 0. The second-order valence-electron chi connectivity index (χ2n) is 2.16. The lowest BCUT2D eigenvalue weighted by Gasteiger charge is -2.02. The molecule has 0 aliphatic carbocycles. The molecule has 60 valence electrons. The van der Waals surface area contributed by atoms with Crippen molar-refractivity contribution >= 4 is 22.6 Å². The highest BCUT2D eigenvalue weighted by Gasteiger charge is 1.97. The molecule has 0 saturated heterocycles. The lowest BCUT2D eigenvalue weighted by atomic mass is 10.2. The van der Waals surface area contributed by atoms with Gasteiger partial charge in [0.25, 0.3) is 0 Å². The van der Waals surface area contributed by atoms with Gasteiger partial charge >= 0.3 is 0 Å². The molecular formula is C8H8FIO. The first-order chi connectivity index (χ1) is 5.24. The van der Waals surface area contributed by atoms with Crippen LogP contribution in [-0.2, 0) is 0 Å². The van der Waals surface area contributed by atoms with Crippen molar-refractivity contribution in [3.05, 3.63) is 29.6 Å². The van der Waals surface area contributed by atoms with Crippen LogP contribution in [0.3, 0.4) is 0 Å². The van der Waals surface area contributed by atoms with E-state index in [2.05, 4.69) is 22.6 Å². The lowest BCUT2D eigenvalue weighted by molar-refractivity contribution is 0.403. The van der Waals surface area contributed by atoms with Crippen molar-refractivity contribution in [2.75, 3.05) is 4.61 Å². The van der Waals surface area contributed by atoms with Crippen LogP contribution in [-0.4, -0.2) is 4.61 Å². The fraction of sp³-hybridized carbons (Fsp3) is 0.250. The predicted octanol–water partition coefficient (Wildman–Crippen LogP) is 2.91. The molecule has 0 unspecified atom stereocenters. The Morgan fingerprint density at radius 1 is 1.55 bits per heavy atom. The molecular weight excluding hydrogens is 258 g/mol. The van der Waals surface area contributed by atoms with E-state index in [4.69, 9.17) is 4.74 Å². The summed E-state index contributed by atoms with van der Waals surface area (Å²) in [6.07, 6.45) is 0. The number of alkyl halides is 1. The molecule has 0 amide bonds. The van der Waals surface area contributed by atoms with Gasteiger partial charge in [0.1, 0.15) is 16.2 Å². The van der Waals surface area contributed by atoms with Gasteiger partial charge in [-0.2, -0.15) is 0 Å². The number of ether oxygens (including phenoxy) is 1. The number of rotatable bonds is 2. The van der Waals surface area contributed by atoms with Crippen LogP contribution in [0.2, 0.25) is 0 Å². The smallest absolute Gasteiger partial charge is 0.139 e. The highest BCUT2D eigenvalue weighted by Crippen LogP contribution is 2.16. The van der Waals surface area contributed by atoms with E-state index in [1.807, 2.05) is 0 Å². The van der Waals surface area contributed by atoms with Gasteiger partial charge in [0.05, 0.1) is 0 Å². The average molecular weight is 266 g/mol. The second kappa shape index (κ2) is 3.90. The standard InChI is InChI=1S/C8H8FIO/c1-6-4-7(11-5-10)2-3-8(6)9/h2-4H,5H2,1H3. The summed E-state index contributed by atoms with van der Waals surface area (Å²) in [6, 6.07) is 4.73. The summed E-state index contributed by atoms with van der Waals surface area (Å²) < 4.78 is 18.4. The Kier molecular flexibility index (Phi) is 3.11. The molecule has 0 N–H and O–H groups in total. The number of aryl methyl sites for hydroxylation is 1. The zero-order chi connectivity index (χ0) is 8.27. The molecule has 3 heteroatoms. The first-order valence-corrected chi connectivity index (χ1v) is 4.71. The molecule has 0 spiro atoms. The molecule has 0 bridgehead atoms. The maximum absolute atomic E-state index is 12.7. The molecule has 1 rings (SSSR count). The van der Waals surface area contributed by atoms with Crippen LogP contribution >= 0.6 is 22.6 Å². The molecule has 0 aliphatic rings. The quantitative estimate of drug-likeness (QED) is 0.590. The van der Waals surface area contributed by atoms with Crippen molar-refractivity contribution in [3.63, 3.8) is 0 Å². The summed E-state index contributed by atoms with van der Waals surface area (Å²) in [7, 11) is 0. The van der Waals surface area contributed by atoms with Gasteiger partial charge in [0, 0.05) is 0 Å². The minimum atomic E-state index is -0.189. The molecule has 1 nitrogen and oxygen atoms in total. The third-order valence-corrected chi connectivity index (χ3v) is 1.66. The van der Waals surface area contributed by atoms with Crippen LogP contribution in [0.15, 0.2) is 18.2 Å². The van der Waals surface area contributed by atoms with Gasteiger partial charge in [0.15, 0.2) is 0 Å². The zero-order valence-electron chi connectivity index (χ0n) is 6.10. The van der Waals surface area contributed by atoms with Gasteiger partial charge in [-0.1, -0.05) is 0 Å². The Hall–Kier alpha value is -0.320. The van der Waals surface area contributed by atoms with Crippen molar-refractivity contribution < 1.29 is 9.13 Å². The van der Waals surface area contributed by atoms with Crippen LogP contribution < -0.4 is 4.74 Å². The molecule has 0 radical (unpaired) electrons. The van der Waals surface area contributed by atoms with Crippen LogP contribution in [0.1, 0.15) is 5.56 Å². The third-order valence-electron chi connectivity index (χ3n) is 1.35. The van der Waals surface area contributed by atoms with E-state index in [1.54, 1.807) is 19.1 Å². The minimum Gasteiger partial charge on any atom is -0.483 e. The highest BCUT2D eigenvalue weighted by atomic mass is 127. The van der Waals surface area contributed by atoms with Crippen molar-refractivity contribution in [3.8, 4) is 5.75 Å². The Labute approximate surface area is 78.7 Å². The number of benzene rings is 1. The van der Waals surface area contributed by atoms with Gasteiger partial charge in [0.2, 0.25) is 0 Å². The SMILES string of the molecule is Cc1cc(OCI)ccc1F. The molecule has 0 heterocycles. The molecule has 0 atom stereocenters. The number of halogens is 2. The Bertz CT molecular complexity index is 250. The first-order valence-electron chi connectivity index (χ1n) is 3.19. The molecule has 11 heavy (non-hydrogen) atoms. The predicted molar refractivity (Wildman–Crippen MR) is 50.7 cm³/mol. The van der Waals surface area contributed by atoms with Crippen molar-refractivity contribution in [1.29, 1.82) is 0 Å². The van der Waals surface area contributed by atoms with Crippen LogP contribution in [0.25, 0.3) is 0 Å². The van der Waals surface area contributed by atoms with Crippen LogP contribution in [0.4, 0.5) is 4.39 Å². The van der Waals surface area contributed by atoms with E-state index in [0.29, 0.717) is 10.2 Å². The van der Waals surface area contributed by atoms with Crippen LogP contribution in [0.5, 0.6) is 5.75 Å². The molecule has 0 aromatic heterocycles. The van der Waals surface area contributed by atoms with Crippen molar-refractivity contribution in [2.24, 2.45) is 0 Å². The third kappa shape index (κ3) is 2.32. The van der Waals surface area contributed by atoms with E-state index in [0.717, 1.165) is 5.75 Å². The number of hydrogen-bond donors (Lipinski definition) is 0. The molecule has 1 aromatic carbocycles. The van der Waals surface area contributed by atoms with Gasteiger partial charge in [-0.3, -0.25) is 0 Å². The molecule has 1 aromatic rings. The van der Waals surface area contributed by atoms with Crippen molar-refractivity contribution in [1.82, 2.24) is 0 Å². The minimum absolute atomic E-state index is 0.189. The van der Waals surface area contributed by atoms with Crippen LogP contribution in [0, 0.1) is 12.7 Å². The summed E-state index contributed by atoms with van der Waals surface area (Å²) in [5.74, 6) is 0.532. The molecule has 0 saturated carbocycles. The van der Waals surface area contributed by atoms with Gasteiger partial charge in [-0.05, 0) is 53.3 Å². The van der Waals surface area contributed by atoms with E-state index in [9.17, 15) is 4.39 Å². The van der Waals surface area contributed by atoms with E-state index >= 15 is 0 Å². The van der Waals surface area contributed by atoms with Gasteiger partial charge in [-0.15, -0.1) is 0 Å². The van der Waals surface area contributed by atoms with Gasteiger partial charge in [-0.25, -0.2) is 4.39 Å². The summed E-state index contributed by atoms with van der Waals surface area (Å²) in [5.41, 5.74) is 0.618. The highest BCUT2D eigenvalue weighted by molar-refractivity contribution is 14.1. The second-order valence-corrected chi connectivity index (χ2v) is 2.79. The maximum Gasteiger partial charge on any atom is 0.139 e. The van der Waals surface area contributed by atoms with E-state index < -0.39 is 0 Å². The molecule has 0 aliphatic heterocycles. The Morgan fingerprint density at radius 2 is 2.27 bits per heavy atom. The largest absolute Gasteiger partial charge is 0.483 e. The topological polar surface area (TPSA) is 9.23 Å². The fourth-order valence-corrected chi connectivity index (χ4v) is 1.13. The fourth-order valence-electron chi connectivity index (χ4n) is 0.770. The summed E-state index contributed by atoms with van der Waals surface area (Å²) >= 11 is 2.10. The monoisotopic (exact) mass is 266 g/mol. The first kappa shape index (κ1) is 8.77. The zero-order valence-corrected chi connectivity index (χ0v) is 8.26. The average Bonchev–Trinajstić information content (AvgIpc) is 1.98. The summed E-state index contributed by atoms with van der Waals surface area (Å²) in [6.45, 7) is 1.72. The van der Waals surface area contributed by atoms with Crippen molar-refractivity contribution in [2.45, 2.75) is 6.92 Å². The summed E-state index contributed by atoms with van der Waals surface area (Å²) in [4.78, 5) is 0. The number of hydrogen-bond acceptors (Lipinski definition) is 1. The van der Waals surface area contributed by atoms with E-state index in [1.165, 1.54) is 6.07 Å². The maximum atomic E-state index is 12.7. The Balaban J connectivity index is 2.86. The Morgan fingerprint density at radius 3 is 2.82 bits per heavy atom. The molecule has 0 fully saturated rings.